The minimum atomic E-state index is -0.0363. The number of hydrogen-bond acceptors (Lipinski definition) is 3. The molecule has 1 amide bonds. The highest BCUT2D eigenvalue weighted by Crippen LogP contribution is 2.28. The summed E-state index contributed by atoms with van der Waals surface area (Å²) >= 11 is 0. The molecule has 6 nitrogen and oxygen atoms in total. The molecular weight excluding hydrogens is 328 g/mol. The molecule has 0 unspecified atom stereocenters. The second-order valence-electron chi connectivity index (χ2n) is 6.53. The van der Waals surface area contributed by atoms with Crippen molar-refractivity contribution in [2.75, 3.05) is 39.4 Å². The molecule has 0 radical (unpaired) electrons. The number of hydrogen-bond donors (Lipinski definition) is 3. The Hall–Kier alpha value is -2.08. The van der Waals surface area contributed by atoms with Gasteiger partial charge in [-0.3, -0.25) is 9.79 Å². The van der Waals surface area contributed by atoms with Gasteiger partial charge in [0, 0.05) is 45.0 Å². The van der Waals surface area contributed by atoms with Crippen molar-refractivity contribution in [2.24, 2.45) is 10.9 Å². The van der Waals surface area contributed by atoms with E-state index in [-0.39, 0.29) is 5.91 Å². The Kier molecular flexibility index (Phi) is 9.57. The SMILES string of the molecule is CCNC(=NCCCNC(=O)c1ccccc1)NCCCOCC1CC1. The van der Waals surface area contributed by atoms with Gasteiger partial charge in [0.2, 0.25) is 0 Å². The Morgan fingerprint density at radius 2 is 1.88 bits per heavy atom. The molecule has 0 spiro atoms. The number of carbonyl (C=O) groups excluding carboxylic acids is 1. The van der Waals surface area contributed by atoms with Crippen LogP contribution in [0.3, 0.4) is 0 Å². The first-order chi connectivity index (χ1) is 12.8. The van der Waals surface area contributed by atoms with E-state index in [2.05, 4.69) is 27.9 Å². The lowest BCUT2D eigenvalue weighted by Crippen LogP contribution is -2.38. The van der Waals surface area contributed by atoms with Crippen molar-refractivity contribution >= 4 is 11.9 Å². The Morgan fingerprint density at radius 3 is 2.62 bits per heavy atom. The predicted molar refractivity (Wildman–Crippen MR) is 106 cm³/mol. The van der Waals surface area contributed by atoms with Crippen molar-refractivity contribution in [1.29, 1.82) is 0 Å². The minimum absolute atomic E-state index is 0.0363. The molecular formula is C20H32N4O2. The fourth-order valence-electron chi connectivity index (χ4n) is 2.42. The zero-order chi connectivity index (χ0) is 18.5. The van der Waals surface area contributed by atoms with Crippen LogP contribution < -0.4 is 16.0 Å². The van der Waals surface area contributed by atoms with Gasteiger partial charge in [0.15, 0.2) is 5.96 Å². The van der Waals surface area contributed by atoms with Gasteiger partial charge in [-0.1, -0.05) is 18.2 Å². The molecule has 2 rings (SSSR count). The first-order valence-corrected chi connectivity index (χ1v) is 9.72. The molecule has 1 aliphatic carbocycles. The molecule has 1 fully saturated rings. The molecule has 0 aromatic heterocycles. The van der Waals surface area contributed by atoms with Crippen molar-refractivity contribution in [1.82, 2.24) is 16.0 Å². The van der Waals surface area contributed by atoms with Crippen LogP contribution in [0.5, 0.6) is 0 Å². The van der Waals surface area contributed by atoms with Crippen LogP contribution in [0.1, 0.15) is 43.0 Å². The number of amides is 1. The van der Waals surface area contributed by atoms with Crippen molar-refractivity contribution in [3.05, 3.63) is 35.9 Å². The molecule has 0 aliphatic heterocycles. The molecule has 1 aromatic rings. The van der Waals surface area contributed by atoms with Gasteiger partial charge in [-0.15, -0.1) is 0 Å². The smallest absolute Gasteiger partial charge is 0.251 e. The molecule has 3 N–H and O–H groups in total. The predicted octanol–water partition coefficient (Wildman–Crippen LogP) is 2.18. The molecule has 0 atom stereocenters. The molecule has 0 bridgehead atoms. The topological polar surface area (TPSA) is 74.8 Å². The first kappa shape index (κ1) is 20.2. The van der Waals surface area contributed by atoms with E-state index >= 15 is 0 Å². The molecule has 1 aromatic carbocycles. The summed E-state index contributed by atoms with van der Waals surface area (Å²) in [6.07, 6.45) is 4.45. The number of ether oxygens (including phenoxy) is 1. The fourth-order valence-corrected chi connectivity index (χ4v) is 2.42. The van der Waals surface area contributed by atoms with Crippen LogP contribution >= 0.6 is 0 Å². The van der Waals surface area contributed by atoms with Gasteiger partial charge < -0.3 is 20.7 Å². The second-order valence-corrected chi connectivity index (χ2v) is 6.53. The molecule has 1 aliphatic rings. The average Bonchev–Trinajstić information content (AvgIpc) is 3.49. The molecule has 0 heterocycles. The standard InChI is InChI=1S/C20H32N4O2/c1-2-21-20(24-14-7-15-26-16-17-10-11-17)23-13-6-12-22-19(25)18-8-4-3-5-9-18/h3-5,8-9,17H,2,6-7,10-16H2,1H3,(H,22,25)(H2,21,23,24). The summed E-state index contributed by atoms with van der Waals surface area (Å²) in [5.74, 6) is 1.61. The highest BCUT2D eigenvalue weighted by atomic mass is 16.5. The highest BCUT2D eigenvalue weighted by molar-refractivity contribution is 5.94. The van der Waals surface area contributed by atoms with E-state index in [9.17, 15) is 4.79 Å². The van der Waals surface area contributed by atoms with E-state index in [1.165, 1.54) is 12.8 Å². The number of benzene rings is 1. The monoisotopic (exact) mass is 360 g/mol. The zero-order valence-electron chi connectivity index (χ0n) is 15.8. The first-order valence-electron chi connectivity index (χ1n) is 9.72. The van der Waals surface area contributed by atoms with Crippen LogP contribution in [0.2, 0.25) is 0 Å². The van der Waals surface area contributed by atoms with E-state index in [4.69, 9.17) is 4.74 Å². The summed E-state index contributed by atoms with van der Waals surface area (Å²) in [7, 11) is 0. The van der Waals surface area contributed by atoms with Crippen LogP contribution in [0.25, 0.3) is 0 Å². The Morgan fingerprint density at radius 1 is 1.12 bits per heavy atom. The number of carbonyl (C=O) groups is 1. The van der Waals surface area contributed by atoms with Crippen molar-refractivity contribution in [3.8, 4) is 0 Å². The van der Waals surface area contributed by atoms with Gasteiger partial charge >= 0.3 is 0 Å². The van der Waals surface area contributed by atoms with Gasteiger partial charge in [-0.2, -0.15) is 0 Å². The molecule has 26 heavy (non-hydrogen) atoms. The van der Waals surface area contributed by atoms with Gasteiger partial charge in [0.1, 0.15) is 0 Å². The second kappa shape index (κ2) is 12.3. The normalized spacial score (nSPS) is 14.1. The highest BCUT2D eigenvalue weighted by Gasteiger charge is 2.20. The Balaban J connectivity index is 1.54. The minimum Gasteiger partial charge on any atom is -0.381 e. The van der Waals surface area contributed by atoms with Crippen LogP contribution in [-0.2, 0) is 4.74 Å². The van der Waals surface area contributed by atoms with E-state index < -0.39 is 0 Å². The summed E-state index contributed by atoms with van der Waals surface area (Å²) in [5, 5.41) is 9.48. The zero-order valence-corrected chi connectivity index (χ0v) is 15.8. The summed E-state index contributed by atoms with van der Waals surface area (Å²) in [6, 6.07) is 9.26. The van der Waals surface area contributed by atoms with Gasteiger partial charge in [0.25, 0.3) is 5.91 Å². The van der Waals surface area contributed by atoms with Crippen molar-refractivity contribution in [2.45, 2.75) is 32.6 Å². The summed E-state index contributed by atoms with van der Waals surface area (Å²) < 4.78 is 5.63. The van der Waals surface area contributed by atoms with Crippen LogP contribution in [-0.4, -0.2) is 51.3 Å². The maximum absolute atomic E-state index is 11.9. The van der Waals surface area contributed by atoms with Crippen LogP contribution in [0.15, 0.2) is 35.3 Å². The molecule has 1 saturated carbocycles. The van der Waals surface area contributed by atoms with Gasteiger partial charge in [-0.25, -0.2) is 0 Å². The molecule has 144 valence electrons. The summed E-state index contributed by atoms with van der Waals surface area (Å²) in [5.41, 5.74) is 0.690. The van der Waals surface area contributed by atoms with E-state index in [1.807, 2.05) is 30.3 Å². The number of nitrogens with one attached hydrogen (secondary N) is 3. The fraction of sp³-hybridized carbons (Fsp3) is 0.600. The largest absolute Gasteiger partial charge is 0.381 e. The third-order valence-corrected chi connectivity index (χ3v) is 4.08. The number of rotatable bonds is 12. The Labute approximate surface area is 156 Å². The maximum atomic E-state index is 11.9. The van der Waals surface area contributed by atoms with Crippen LogP contribution in [0.4, 0.5) is 0 Å². The number of guanidine groups is 1. The van der Waals surface area contributed by atoms with E-state index in [0.29, 0.717) is 18.7 Å². The lowest BCUT2D eigenvalue weighted by molar-refractivity contribution is 0.0953. The van der Waals surface area contributed by atoms with Crippen LogP contribution in [0, 0.1) is 5.92 Å². The van der Waals surface area contributed by atoms with Crippen molar-refractivity contribution in [3.63, 3.8) is 0 Å². The molecule has 6 heteroatoms. The van der Waals surface area contributed by atoms with Crippen molar-refractivity contribution < 1.29 is 9.53 Å². The Bertz CT molecular complexity index is 544. The number of aliphatic imine (C=N–C) groups is 1. The summed E-state index contributed by atoms with van der Waals surface area (Å²) in [4.78, 5) is 16.5. The lowest BCUT2D eigenvalue weighted by atomic mass is 10.2. The average molecular weight is 361 g/mol. The van der Waals surface area contributed by atoms with E-state index in [0.717, 1.165) is 51.0 Å². The summed E-state index contributed by atoms with van der Waals surface area (Å²) in [6.45, 7) is 6.73. The lowest BCUT2D eigenvalue weighted by Gasteiger charge is -2.11. The molecule has 0 saturated heterocycles. The quantitative estimate of drug-likeness (QED) is 0.303. The number of nitrogens with zero attached hydrogens (tertiary/aromatic N) is 1. The third-order valence-electron chi connectivity index (χ3n) is 4.08. The van der Waals surface area contributed by atoms with Gasteiger partial charge in [0.05, 0.1) is 0 Å². The van der Waals surface area contributed by atoms with E-state index in [1.54, 1.807) is 0 Å². The van der Waals surface area contributed by atoms with Gasteiger partial charge in [-0.05, 0) is 50.7 Å². The maximum Gasteiger partial charge on any atom is 0.251 e. The third kappa shape index (κ3) is 8.85.